The highest BCUT2D eigenvalue weighted by Crippen LogP contribution is 2.11. The topological polar surface area (TPSA) is 63.4 Å². The van der Waals surface area contributed by atoms with Gasteiger partial charge < -0.3 is 5.11 Å². The van der Waals surface area contributed by atoms with Crippen LogP contribution in [-0.2, 0) is 6.61 Å². The van der Waals surface area contributed by atoms with Gasteiger partial charge in [-0.25, -0.2) is 0 Å². The van der Waals surface area contributed by atoms with Gasteiger partial charge in [-0.3, -0.25) is 10.1 Å². The Morgan fingerprint density at radius 2 is 2.45 bits per heavy atom. The summed E-state index contributed by atoms with van der Waals surface area (Å²) in [7, 11) is 0. The first-order chi connectivity index (χ1) is 5.24. The summed E-state index contributed by atoms with van der Waals surface area (Å²) in [6, 6.07) is 6.72. The average Bonchev–Trinajstić information content (AvgIpc) is 2.05. The highest BCUT2D eigenvalue weighted by Gasteiger charge is 2.04. The van der Waals surface area contributed by atoms with Crippen LogP contribution in [0.3, 0.4) is 0 Å². The maximum atomic E-state index is 10.2. The van der Waals surface area contributed by atoms with E-state index in [-0.39, 0.29) is 12.3 Å². The number of nitrogens with zero attached hydrogens (tertiary/aromatic N) is 1. The molecule has 0 aromatic heterocycles. The molecule has 1 radical (unpaired) electrons. The number of non-ortho nitro benzene ring substituents is 1. The molecule has 0 spiro atoms. The van der Waals surface area contributed by atoms with Crippen LogP contribution in [0, 0.1) is 16.2 Å². The van der Waals surface area contributed by atoms with Crippen LogP contribution in [0.25, 0.3) is 0 Å². The van der Waals surface area contributed by atoms with Crippen molar-refractivity contribution in [2.45, 2.75) is 6.61 Å². The second-order valence-corrected chi connectivity index (χ2v) is 2.00. The molecular formula is C7H6NO3. The standard InChI is InChI=1S/C7H6NO3/c9-5-6-2-1-3-7(4-6)8(10)11/h1-2,4,9H,5H2. The predicted molar refractivity (Wildman–Crippen MR) is 37.9 cm³/mol. The maximum Gasteiger partial charge on any atom is 0.277 e. The molecule has 1 aromatic carbocycles. The quantitative estimate of drug-likeness (QED) is 0.505. The second kappa shape index (κ2) is 3.12. The molecule has 0 saturated heterocycles. The number of rotatable bonds is 2. The summed E-state index contributed by atoms with van der Waals surface area (Å²) < 4.78 is 0. The number of hydrogen-bond donors (Lipinski definition) is 1. The summed E-state index contributed by atoms with van der Waals surface area (Å²) in [4.78, 5) is 9.62. The summed E-state index contributed by atoms with van der Waals surface area (Å²) in [5, 5.41) is 18.8. The van der Waals surface area contributed by atoms with Crippen molar-refractivity contribution in [2.75, 3.05) is 0 Å². The maximum absolute atomic E-state index is 10.2. The summed E-state index contributed by atoms with van der Waals surface area (Å²) in [5.74, 6) is 0. The number of aliphatic hydroxyl groups is 1. The van der Waals surface area contributed by atoms with Gasteiger partial charge in [-0.2, -0.15) is 0 Å². The first-order valence-corrected chi connectivity index (χ1v) is 3.00. The van der Waals surface area contributed by atoms with Crippen molar-refractivity contribution in [3.63, 3.8) is 0 Å². The Kier molecular flexibility index (Phi) is 2.18. The van der Waals surface area contributed by atoms with E-state index in [9.17, 15) is 10.1 Å². The van der Waals surface area contributed by atoms with Crippen molar-refractivity contribution in [1.82, 2.24) is 0 Å². The molecule has 1 N–H and O–H groups in total. The predicted octanol–water partition coefficient (Wildman–Crippen LogP) is 0.887. The zero-order valence-electron chi connectivity index (χ0n) is 5.65. The number of hydrogen-bond acceptors (Lipinski definition) is 3. The molecular weight excluding hydrogens is 146 g/mol. The zero-order valence-corrected chi connectivity index (χ0v) is 5.65. The minimum absolute atomic E-state index is 0.114. The SMILES string of the molecule is O=[N+]([O-])c1[c]ccc(CO)c1. The fourth-order valence-corrected chi connectivity index (χ4v) is 0.703. The fraction of sp³-hybridized carbons (Fsp3) is 0.143. The molecule has 11 heavy (non-hydrogen) atoms. The Bertz CT molecular complexity index is 272. The largest absolute Gasteiger partial charge is 0.392 e. The normalized spacial score (nSPS) is 9.55. The van der Waals surface area contributed by atoms with Crippen LogP contribution in [-0.4, -0.2) is 10.0 Å². The van der Waals surface area contributed by atoms with Gasteiger partial charge in [0.15, 0.2) is 0 Å². The second-order valence-electron chi connectivity index (χ2n) is 2.00. The molecule has 0 aliphatic rings. The Balaban J connectivity index is 3.01. The van der Waals surface area contributed by atoms with E-state index < -0.39 is 4.92 Å². The van der Waals surface area contributed by atoms with Crippen LogP contribution in [0.5, 0.6) is 0 Å². The van der Waals surface area contributed by atoms with Crippen molar-refractivity contribution < 1.29 is 10.0 Å². The fourth-order valence-electron chi connectivity index (χ4n) is 0.703. The van der Waals surface area contributed by atoms with Crippen molar-refractivity contribution >= 4 is 5.69 Å². The molecule has 0 heterocycles. The molecule has 0 saturated carbocycles. The zero-order chi connectivity index (χ0) is 8.27. The summed E-state index contributed by atoms with van der Waals surface area (Å²) in [6.07, 6.45) is 0. The lowest BCUT2D eigenvalue weighted by Crippen LogP contribution is -1.90. The van der Waals surface area contributed by atoms with E-state index in [1.807, 2.05) is 0 Å². The molecule has 0 amide bonds. The molecule has 0 aliphatic carbocycles. The monoisotopic (exact) mass is 152 g/mol. The van der Waals surface area contributed by atoms with Crippen LogP contribution in [0.15, 0.2) is 18.2 Å². The van der Waals surface area contributed by atoms with Gasteiger partial charge in [-0.1, -0.05) is 6.07 Å². The van der Waals surface area contributed by atoms with Crippen molar-refractivity contribution in [1.29, 1.82) is 0 Å². The van der Waals surface area contributed by atoms with Crippen LogP contribution in [0.1, 0.15) is 5.56 Å². The molecule has 0 bridgehead atoms. The Morgan fingerprint density at radius 3 is 3.00 bits per heavy atom. The third-order valence-electron chi connectivity index (χ3n) is 1.23. The van der Waals surface area contributed by atoms with Gasteiger partial charge in [0.2, 0.25) is 0 Å². The first-order valence-electron chi connectivity index (χ1n) is 3.00. The molecule has 1 rings (SSSR count). The lowest BCUT2D eigenvalue weighted by Gasteiger charge is -1.93. The van der Waals surface area contributed by atoms with Gasteiger partial charge in [0, 0.05) is 6.07 Å². The summed E-state index contributed by atoms with van der Waals surface area (Å²) in [5.41, 5.74) is 0.409. The minimum atomic E-state index is -0.542. The lowest BCUT2D eigenvalue weighted by molar-refractivity contribution is -0.385. The number of benzene rings is 1. The van der Waals surface area contributed by atoms with E-state index in [4.69, 9.17) is 5.11 Å². The van der Waals surface area contributed by atoms with E-state index in [1.54, 1.807) is 6.07 Å². The van der Waals surface area contributed by atoms with Crippen LogP contribution < -0.4 is 0 Å². The molecule has 0 aliphatic heterocycles. The Labute approximate surface area is 63.2 Å². The molecule has 0 unspecified atom stereocenters. The number of nitro groups is 1. The Morgan fingerprint density at radius 1 is 1.73 bits per heavy atom. The highest BCUT2D eigenvalue weighted by atomic mass is 16.6. The number of nitro benzene ring substituents is 1. The first kappa shape index (κ1) is 7.68. The molecule has 57 valence electrons. The number of aliphatic hydroxyl groups excluding tert-OH is 1. The van der Waals surface area contributed by atoms with Crippen LogP contribution in [0.2, 0.25) is 0 Å². The van der Waals surface area contributed by atoms with Gasteiger partial charge in [0.25, 0.3) is 5.69 Å². The molecule has 0 atom stereocenters. The molecule has 4 nitrogen and oxygen atoms in total. The van der Waals surface area contributed by atoms with Crippen LogP contribution >= 0.6 is 0 Å². The van der Waals surface area contributed by atoms with Crippen LogP contribution in [0.4, 0.5) is 5.69 Å². The summed E-state index contributed by atoms with van der Waals surface area (Å²) >= 11 is 0. The lowest BCUT2D eigenvalue weighted by atomic mass is 10.2. The van der Waals surface area contributed by atoms with Gasteiger partial charge in [0.1, 0.15) is 0 Å². The van der Waals surface area contributed by atoms with Crippen molar-refractivity contribution in [3.05, 3.63) is 39.9 Å². The van der Waals surface area contributed by atoms with Gasteiger partial charge >= 0.3 is 0 Å². The summed E-state index contributed by atoms with van der Waals surface area (Å²) in [6.45, 7) is -0.185. The Hall–Kier alpha value is -1.42. The average molecular weight is 152 g/mol. The van der Waals surface area contributed by atoms with Crippen molar-refractivity contribution in [3.8, 4) is 0 Å². The van der Waals surface area contributed by atoms with Gasteiger partial charge in [-0.05, 0) is 11.6 Å². The molecule has 0 fully saturated rings. The van der Waals surface area contributed by atoms with Gasteiger partial charge in [0.05, 0.1) is 17.6 Å². The van der Waals surface area contributed by atoms with E-state index in [0.29, 0.717) is 5.56 Å². The smallest absolute Gasteiger partial charge is 0.277 e. The van der Waals surface area contributed by atoms with E-state index in [1.165, 1.54) is 12.1 Å². The third-order valence-corrected chi connectivity index (χ3v) is 1.23. The van der Waals surface area contributed by atoms with E-state index >= 15 is 0 Å². The highest BCUT2D eigenvalue weighted by molar-refractivity contribution is 5.32. The third kappa shape index (κ3) is 1.75. The van der Waals surface area contributed by atoms with Crippen molar-refractivity contribution in [2.24, 2.45) is 0 Å². The van der Waals surface area contributed by atoms with Gasteiger partial charge in [-0.15, -0.1) is 0 Å². The van der Waals surface area contributed by atoms with E-state index in [2.05, 4.69) is 6.07 Å². The molecule has 4 heteroatoms. The minimum Gasteiger partial charge on any atom is -0.392 e. The van der Waals surface area contributed by atoms with E-state index in [0.717, 1.165) is 0 Å². The molecule has 1 aromatic rings.